The Balaban J connectivity index is 0. The molecule has 0 saturated heterocycles. The minimum atomic E-state index is -0.611. The van der Waals surface area contributed by atoms with Gasteiger partial charge in [0.05, 0.1) is 0 Å². The summed E-state index contributed by atoms with van der Waals surface area (Å²) >= 11 is 1.73. The first kappa shape index (κ1) is 12.0. The summed E-state index contributed by atoms with van der Waals surface area (Å²) in [6.45, 7) is 7.24. The first-order valence-electron chi connectivity index (χ1n) is 2.77. The second kappa shape index (κ2) is 5.12. The third kappa shape index (κ3) is 5.44. The molecule has 0 nitrogen and oxygen atoms in total. The van der Waals surface area contributed by atoms with E-state index in [1.165, 1.54) is 10.1 Å². The van der Waals surface area contributed by atoms with Gasteiger partial charge in [0.15, 0.2) is 0 Å². The fourth-order valence-electron chi connectivity index (χ4n) is 0.125. The Bertz CT molecular complexity index is 50.4. The van der Waals surface area contributed by atoms with Crippen LogP contribution >= 0.6 is 12.4 Å². The van der Waals surface area contributed by atoms with Gasteiger partial charge in [-0.1, -0.05) is 0 Å². The molecule has 0 rings (SSSR count). The maximum absolute atomic E-state index is 2.46. The summed E-state index contributed by atoms with van der Waals surface area (Å²) in [4.78, 5) is 0. The fourth-order valence-corrected chi connectivity index (χ4v) is 2.52. The molecular formula is C5H14ClSiSn. The van der Waals surface area contributed by atoms with E-state index < -0.39 is 8.07 Å². The van der Waals surface area contributed by atoms with Crippen molar-refractivity contribution in [1.29, 1.82) is 0 Å². The summed E-state index contributed by atoms with van der Waals surface area (Å²) < 4.78 is 1.52. The average molecular weight is 256 g/mol. The van der Waals surface area contributed by atoms with Crippen molar-refractivity contribution < 1.29 is 0 Å². The Kier molecular flexibility index (Phi) is 7.70. The van der Waals surface area contributed by atoms with Crippen molar-refractivity contribution in [3.63, 3.8) is 0 Å². The van der Waals surface area contributed by atoms with E-state index in [1.807, 2.05) is 0 Å². The predicted octanol–water partition coefficient (Wildman–Crippen LogP) is 2.26. The molecule has 0 bridgehead atoms. The molecule has 0 aliphatic rings. The zero-order valence-electron chi connectivity index (χ0n) is 5.82. The molecule has 0 fully saturated rings. The van der Waals surface area contributed by atoms with Crippen molar-refractivity contribution >= 4 is 43.0 Å². The van der Waals surface area contributed by atoms with Gasteiger partial charge in [0.1, 0.15) is 0 Å². The maximum atomic E-state index is 2.46. The van der Waals surface area contributed by atoms with Crippen molar-refractivity contribution in [3.8, 4) is 0 Å². The van der Waals surface area contributed by atoms with Gasteiger partial charge < -0.3 is 0 Å². The van der Waals surface area contributed by atoms with Crippen molar-refractivity contribution in [2.24, 2.45) is 0 Å². The first-order valence-corrected chi connectivity index (χ1v) is 8.20. The van der Waals surface area contributed by atoms with Crippen LogP contribution in [0.25, 0.3) is 0 Å². The molecule has 3 heteroatoms. The molecule has 3 radical (unpaired) electrons. The molecule has 0 aliphatic heterocycles. The summed E-state index contributed by atoms with van der Waals surface area (Å²) in [5.74, 6) is 0. The Morgan fingerprint density at radius 3 is 1.75 bits per heavy atom. The second-order valence-corrected chi connectivity index (χ2v) is 11.1. The molecule has 0 amide bonds. The molecule has 0 unspecified atom stereocenters. The Labute approximate surface area is 72.9 Å². The summed E-state index contributed by atoms with van der Waals surface area (Å²) in [5, 5.41) is 0. The normalized spacial score (nSPS) is 10.5. The van der Waals surface area contributed by atoms with Crippen LogP contribution in [0.2, 0.25) is 23.2 Å². The van der Waals surface area contributed by atoms with E-state index in [0.717, 1.165) is 0 Å². The van der Waals surface area contributed by atoms with Crippen LogP contribution in [0.1, 0.15) is 6.92 Å². The van der Waals surface area contributed by atoms with Crippen molar-refractivity contribution in [1.82, 2.24) is 0 Å². The van der Waals surface area contributed by atoms with Crippen LogP contribution in [0.15, 0.2) is 0 Å². The standard InChI is InChI=1S/C5H13Si.ClH.Sn/c1-5-6(2,3)4;;/h2,5H2,1,3-4H3;1H;. The van der Waals surface area contributed by atoms with Crippen LogP contribution in [0.5, 0.6) is 0 Å². The van der Waals surface area contributed by atoms with Gasteiger partial charge in [-0.3, -0.25) is 0 Å². The van der Waals surface area contributed by atoms with Gasteiger partial charge in [0.2, 0.25) is 0 Å². The smallest absolute Gasteiger partial charge is 0.147 e. The average Bonchev–Trinajstić information content (AvgIpc) is 1.68. The van der Waals surface area contributed by atoms with Gasteiger partial charge in [0, 0.05) is 0 Å². The predicted molar refractivity (Wildman–Crippen MR) is 45.8 cm³/mol. The van der Waals surface area contributed by atoms with Crippen LogP contribution in [-0.2, 0) is 0 Å². The van der Waals surface area contributed by atoms with E-state index in [0.29, 0.717) is 0 Å². The summed E-state index contributed by atoms with van der Waals surface area (Å²) in [6.07, 6.45) is 0. The molecule has 0 spiro atoms. The van der Waals surface area contributed by atoms with Crippen LogP contribution in [0.3, 0.4) is 0 Å². The van der Waals surface area contributed by atoms with Crippen LogP contribution in [0.4, 0.5) is 0 Å². The molecule has 0 atom stereocenters. The minimum absolute atomic E-state index is 0. The van der Waals surface area contributed by atoms with Crippen molar-refractivity contribution in [3.05, 3.63) is 0 Å². The zero-order valence-corrected chi connectivity index (χ0v) is 10.5. The molecule has 8 heavy (non-hydrogen) atoms. The molecule has 0 aliphatic carbocycles. The topological polar surface area (TPSA) is 0 Å². The van der Waals surface area contributed by atoms with E-state index in [2.05, 4.69) is 20.0 Å². The summed E-state index contributed by atoms with van der Waals surface area (Å²) in [5.41, 5.74) is 0. The van der Waals surface area contributed by atoms with E-state index >= 15 is 0 Å². The Hall–Kier alpha value is 1.31. The minimum Gasteiger partial charge on any atom is -0.147 e. The number of halogens is 1. The van der Waals surface area contributed by atoms with Crippen molar-refractivity contribution in [2.45, 2.75) is 30.1 Å². The zero-order chi connectivity index (χ0) is 5.91. The molecule has 0 saturated carbocycles. The van der Waals surface area contributed by atoms with Gasteiger partial charge in [0.25, 0.3) is 0 Å². The van der Waals surface area contributed by atoms with Gasteiger partial charge in [-0.05, 0) is 0 Å². The first-order chi connectivity index (χ1) is 3.12. The Morgan fingerprint density at radius 1 is 1.38 bits per heavy atom. The second-order valence-electron chi connectivity index (χ2n) is 2.69. The quantitative estimate of drug-likeness (QED) is 0.665. The van der Waals surface area contributed by atoms with Gasteiger partial charge in [-0.15, -0.1) is 12.4 Å². The van der Waals surface area contributed by atoms with Crippen LogP contribution < -0.4 is 0 Å². The maximum Gasteiger partial charge on any atom is -0.147 e. The van der Waals surface area contributed by atoms with Gasteiger partial charge in [-0.2, -0.15) is 0 Å². The summed E-state index contributed by atoms with van der Waals surface area (Å²) in [7, 11) is -0.611. The number of hydrogen-bond donors (Lipinski definition) is 0. The van der Waals surface area contributed by atoms with E-state index in [9.17, 15) is 0 Å². The molecule has 0 N–H and O–H groups in total. The van der Waals surface area contributed by atoms with Gasteiger partial charge in [-0.25, -0.2) is 0 Å². The molecule has 0 aromatic heterocycles. The fraction of sp³-hybridized carbons (Fsp3) is 1.00. The van der Waals surface area contributed by atoms with Crippen LogP contribution in [-0.4, -0.2) is 30.6 Å². The molecule has 0 aromatic rings. The molecule has 0 aromatic carbocycles. The van der Waals surface area contributed by atoms with Crippen LogP contribution in [0, 0.1) is 0 Å². The number of rotatable bonds is 2. The molecule has 49 valence electrons. The third-order valence-electron chi connectivity index (χ3n) is 1.44. The van der Waals surface area contributed by atoms with E-state index in [-0.39, 0.29) is 12.4 Å². The third-order valence-corrected chi connectivity index (χ3v) is 12.5. The monoisotopic (exact) mass is 257 g/mol. The summed E-state index contributed by atoms with van der Waals surface area (Å²) in [6, 6.07) is 1.46. The number of hydrogen-bond acceptors (Lipinski definition) is 0. The van der Waals surface area contributed by atoms with Gasteiger partial charge >= 0.3 is 60.7 Å². The Morgan fingerprint density at radius 2 is 1.75 bits per heavy atom. The largest absolute Gasteiger partial charge is 0.147 e. The van der Waals surface area contributed by atoms with Crippen molar-refractivity contribution in [2.75, 3.05) is 0 Å². The SMILES string of the molecule is CC[Si](C)(C)[CH2][Sn].Cl. The van der Waals surface area contributed by atoms with E-state index in [1.54, 1.807) is 22.5 Å². The van der Waals surface area contributed by atoms with E-state index in [4.69, 9.17) is 0 Å². The molecular weight excluding hydrogens is 242 g/mol. The molecule has 0 heterocycles.